The summed E-state index contributed by atoms with van der Waals surface area (Å²) in [5, 5.41) is 9.41. The highest BCUT2D eigenvalue weighted by atomic mass is 32.1. The van der Waals surface area contributed by atoms with Crippen LogP contribution < -0.4 is 10.6 Å². The van der Waals surface area contributed by atoms with Gasteiger partial charge in [0.05, 0.1) is 18.6 Å². The van der Waals surface area contributed by atoms with Gasteiger partial charge in [-0.05, 0) is 17.9 Å². The summed E-state index contributed by atoms with van der Waals surface area (Å²) in [6, 6.07) is 2.04. The monoisotopic (exact) mass is 296 g/mol. The van der Waals surface area contributed by atoms with E-state index in [1.807, 2.05) is 18.5 Å². The molecule has 110 valence electrons. The van der Waals surface area contributed by atoms with E-state index in [1.165, 1.54) is 0 Å². The Labute approximate surface area is 122 Å². The number of nitrogens with zero attached hydrogens (tertiary/aromatic N) is 2. The summed E-state index contributed by atoms with van der Waals surface area (Å²) >= 11 is 1.61. The van der Waals surface area contributed by atoms with Crippen molar-refractivity contribution in [2.45, 2.75) is 6.42 Å². The van der Waals surface area contributed by atoms with E-state index in [9.17, 15) is 0 Å². The second-order valence-electron chi connectivity index (χ2n) is 4.17. The average Bonchev–Trinajstić information content (AvgIpc) is 2.94. The molecule has 0 bridgehead atoms. The third-order valence-corrected chi connectivity index (χ3v) is 3.54. The quantitative estimate of drug-likeness (QED) is 0.691. The highest BCUT2D eigenvalue weighted by molar-refractivity contribution is 7.16. The number of nitrogens with one attached hydrogen (secondary N) is 2. The molecule has 0 saturated carbocycles. The molecule has 0 aliphatic carbocycles. The molecule has 0 aromatic carbocycles. The fraction of sp³-hybridized carbons (Fsp3) is 0.538. The van der Waals surface area contributed by atoms with Gasteiger partial charge in [0, 0.05) is 27.3 Å². The third kappa shape index (κ3) is 4.03. The van der Waals surface area contributed by atoms with Crippen LogP contribution in [0.15, 0.2) is 11.4 Å². The Balaban J connectivity index is 1.84. The molecule has 0 spiro atoms. The Morgan fingerprint density at radius 2 is 2.15 bits per heavy atom. The summed E-state index contributed by atoms with van der Waals surface area (Å²) in [7, 11) is 3.49. The number of aromatic nitrogens is 2. The van der Waals surface area contributed by atoms with E-state index in [1.54, 1.807) is 18.4 Å². The van der Waals surface area contributed by atoms with E-state index in [0.29, 0.717) is 25.8 Å². The molecule has 0 fully saturated rings. The summed E-state index contributed by atoms with van der Waals surface area (Å²) < 4.78 is 10.3. The second kappa shape index (κ2) is 7.98. The molecule has 0 aliphatic rings. The van der Waals surface area contributed by atoms with Gasteiger partial charge in [0.1, 0.15) is 10.6 Å². The number of rotatable bonds is 9. The molecule has 2 aromatic heterocycles. The van der Waals surface area contributed by atoms with Gasteiger partial charge in [-0.3, -0.25) is 0 Å². The Morgan fingerprint density at radius 3 is 2.95 bits per heavy atom. The summed E-state index contributed by atoms with van der Waals surface area (Å²) in [6.07, 6.45) is 0.925. The first kappa shape index (κ1) is 15.0. The molecule has 6 nitrogen and oxygen atoms in total. The molecular weight excluding hydrogens is 276 g/mol. The lowest BCUT2D eigenvalue weighted by Crippen LogP contribution is -2.10. The summed E-state index contributed by atoms with van der Waals surface area (Å²) in [4.78, 5) is 9.85. The summed E-state index contributed by atoms with van der Waals surface area (Å²) in [5.41, 5.74) is 0. The van der Waals surface area contributed by atoms with Gasteiger partial charge in [0.2, 0.25) is 5.95 Å². The number of hydrogen-bond acceptors (Lipinski definition) is 7. The predicted octanol–water partition coefficient (Wildman–Crippen LogP) is 2.20. The van der Waals surface area contributed by atoms with Crippen molar-refractivity contribution in [2.75, 3.05) is 51.2 Å². The topological polar surface area (TPSA) is 68.3 Å². The highest BCUT2D eigenvalue weighted by Crippen LogP contribution is 2.26. The normalized spacial score (nSPS) is 10.9. The molecule has 0 saturated heterocycles. The Hall–Kier alpha value is -1.44. The van der Waals surface area contributed by atoms with Crippen molar-refractivity contribution < 1.29 is 9.47 Å². The number of anilines is 2. The number of fused-ring (bicyclic) bond motifs is 1. The first-order valence-electron chi connectivity index (χ1n) is 6.58. The third-order valence-electron chi connectivity index (χ3n) is 2.74. The molecular formula is C13H20N4O2S. The molecule has 0 aliphatic heterocycles. The predicted molar refractivity (Wildman–Crippen MR) is 82.8 cm³/mol. The zero-order chi connectivity index (χ0) is 14.2. The van der Waals surface area contributed by atoms with Crippen molar-refractivity contribution in [3.8, 4) is 0 Å². The maximum Gasteiger partial charge on any atom is 0.225 e. The van der Waals surface area contributed by atoms with Crippen LogP contribution in [0.5, 0.6) is 0 Å². The molecule has 20 heavy (non-hydrogen) atoms. The van der Waals surface area contributed by atoms with Crippen molar-refractivity contribution in [3.05, 3.63) is 11.4 Å². The van der Waals surface area contributed by atoms with Crippen LogP contribution in [0.2, 0.25) is 0 Å². The molecule has 0 amide bonds. The maximum absolute atomic E-state index is 5.42. The van der Waals surface area contributed by atoms with Crippen molar-refractivity contribution in [1.82, 2.24) is 9.97 Å². The largest absolute Gasteiger partial charge is 0.382 e. The van der Waals surface area contributed by atoms with Crippen LogP contribution in [0.1, 0.15) is 6.42 Å². The van der Waals surface area contributed by atoms with Crippen molar-refractivity contribution in [2.24, 2.45) is 0 Å². The highest BCUT2D eigenvalue weighted by Gasteiger charge is 2.07. The molecule has 2 heterocycles. The van der Waals surface area contributed by atoms with Gasteiger partial charge in [-0.15, -0.1) is 11.3 Å². The minimum absolute atomic E-state index is 0.638. The average molecular weight is 296 g/mol. The van der Waals surface area contributed by atoms with Gasteiger partial charge < -0.3 is 20.1 Å². The maximum atomic E-state index is 5.42. The van der Waals surface area contributed by atoms with Crippen LogP contribution in [-0.4, -0.2) is 50.5 Å². The molecule has 0 atom stereocenters. The summed E-state index contributed by atoms with van der Waals surface area (Å²) in [5.74, 6) is 1.51. The molecule has 2 N–H and O–H groups in total. The SMILES string of the molecule is CNc1nc(NCCCOCCOC)c2ccsc2n1. The lowest BCUT2D eigenvalue weighted by atomic mass is 10.3. The van der Waals surface area contributed by atoms with E-state index in [0.717, 1.165) is 29.0 Å². The zero-order valence-electron chi connectivity index (χ0n) is 11.8. The Bertz CT molecular complexity index is 532. The fourth-order valence-corrected chi connectivity index (χ4v) is 2.49. The minimum Gasteiger partial charge on any atom is -0.382 e. The van der Waals surface area contributed by atoms with Crippen LogP contribution in [0.25, 0.3) is 10.2 Å². The number of ether oxygens (including phenoxy) is 2. The first-order chi connectivity index (χ1) is 9.85. The van der Waals surface area contributed by atoms with Gasteiger partial charge in [-0.2, -0.15) is 4.98 Å². The first-order valence-corrected chi connectivity index (χ1v) is 7.46. The van der Waals surface area contributed by atoms with Crippen molar-refractivity contribution in [3.63, 3.8) is 0 Å². The standard InChI is InChI=1S/C13H20N4O2S/c1-14-13-16-11(10-4-9-20-12(10)17-13)15-5-3-6-19-8-7-18-2/h4,9H,3,5-8H2,1-2H3,(H2,14,15,16,17). The smallest absolute Gasteiger partial charge is 0.225 e. The molecule has 7 heteroatoms. The van der Waals surface area contributed by atoms with Crippen molar-refractivity contribution in [1.29, 1.82) is 0 Å². The molecule has 0 unspecified atom stereocenters. The van der Waals surface area contributed by atoms with E-state index >= 15 is 0 Å². The van der Waals surface area contributed by atoms with Crippen molar-refractivity contribution >= 4 is 33.3 Å². The van der Waals surface area contributed by atoms with Crippen LogP contribution in [0, 0.1) is 0 Å². The van der Waals surface area contributed by atoms with Gasteiger partial charge in [-0.1, -0.05) is 0 Å². The number of hydrogen-bond donors (Lipinski definition) is 2. The minimum atomic E-state index is 0.638. The molecule has 0 radical (unpaired) electrons. The van der Waals surface area contributed by atoms with Crippen LogP contribution in [-0.2, 0) is 9.47 Å². The van der Waals surface area contributed by atoms with Gasteiger partial charge >= 0.3 is 0 Å². The van der Waals surface area contributed by atoms with Crippen LogP contribution in [0.4, 0.5) is 11.8 Å². The lowest BCUT2D eigenvalue weighted by Gasteiger charge is -2.09. The zero-order valence-corrected chi connectivity index (χ0v) is 12.6. The van der Waals surface area contributed by atoms with Crippen LogP contribution >= 0.6 is 11.3 Å². The fourth-order valence-electron chi connectivity index (χ4n) is 1.73. The molecule has 2 aromatic rings. The van der Waals surface area contributed by atoms with Gasteiger partial charge in [-0.25, -0.2) is 4.98 Å². The van der Waals surface area contributed by atoms with Crippen LogP contribution in [0.3, 0.4) is 0 Å². The molecule has 2 rings (SSSR count). The second-order valence-corrected chi connectivity index (χ2v) is 5.07. The Morgan fingerprint density at radius 1 is 1.25 bits per heavy atom. The van der Waals surface area contributed by atoms with Gasteiger partial charge in [0.25, 0.3) is 0 Å². The lowest BCUT2D eigenvalue weighted by molar-refractivity contribution is 0.0705. The number of thiophene rings is 1. The van der Waals surface area contributed by atoms with E-state index < -0.39 is 0 Å². The van der Waals surface area contributed by atoms with E-state index in [-0.39, 0.29) is 0 Å². The van der Waals surface area contributed by atoms with Gasteiger partial charge in [0.15, 0.2) is 0 Å². The Kier molecular flexibility index (Phi) is 5.97. The number of methoxy groups -OCH3 is 1. The summed E-state index contributed by atoms with van der Waals surface area (Å²) in [6.45, 7) is 2.81. The van der Waals surface area contributed by atoms with E-state index in [2.05, 4.69) is 20.6 Å². The van der Waals surface area contributed by atoms with E-state index in [4.69, 9.17) is 9.47 Å².